The zero-order valence-corrected chi connectivity index (χ0v) is 9.22. The Morgan fingerprint density at radius 1 is 1.50 bits per heavy atom. The minimum Gasteiger partial charge on any atom is -0.463 e. The summed E-state index contributed by atoms with van der Waals surface area (Å²) in [4.78, 5) is 10.9. The fraction of sp³-hybridized carbons (Fsp3) is 0.182. The normalized spacial score (nSPS) is 10.8. The van der Waals surface area contributed by atoms with Gasteiger partial charge in [-0.1, -0.05) is 11.6 Å². The second-order valence-corrected chi connectivity index (χ2v) is 3.23. The summed E-state index contributed by atoms with van der Waals surface area (Å²) < 4.78 is 30.7. The Morgan fingerprint density at radius 3 is 2.81 bits per heavy atom. The van der Waals surface area contributed by atoms with E-state index < -0.39 is 22.6 Å². The smallest absolute Gasteiger partial charge is 0.330 e. The molecule has 86 valence electrons. The molecule has 1 aromatic rings. The van der Waals surface area contributed by atoms with Crippen molar-refractivity contribution in [2.75, 3.05) is 6.61 Å². The summed E-state index contributed by atoms with van der Waals surface area (Å²) in [5.74, 6) is -2.34. The van der Waals surface area contributed by atoms with Crippen molar-refractivity contribution in [1.29, 1.82) is 0 Å². The van der Waals surface area contributed by atoms with E-state index in [4.69, 9.17) is 11.6 Å². The number of hydrogen-bond acceptors (Lipinski definition) is 2. The molecule has 2 nitrogen and oxygen atoms in total. The van der Waals surface area contributed by atoms with E-state index in [9.17, 15) is 13.6 Å². The molecule has 0 spiro atoms. The lowest BCUT2D eigenvalue weighted by atomic mass is 10.2. The third kappa shape index (κ3) is 3.03. The number of hydrogen-bond donors (Lipinski definition) is 0. The van der Waals surface area contributed by atoms with Crippen LogP contribution in [0.1, 0.15) is 12.5 Å². The second-order valence-electron chi connectivity index (χ2n) is 2.85. The third-order valence-electron chi connectivity index (χ3n) is 1.75. The Balaban J connectivity index is 2.90. The van der Waals surface area contributed by atoms with Crippen molar-refractivity contribution in [2.45, 2.75) is 6.92 Å². The predicted molar refractivity (Wildman–Crippen MR) is 57.0 cm³/mol. The number of carbonyl (C=O) groups is 1. The molecule has 0 aliphatic carbocycles. The monoisotopic (exact) mass is 246 g/mol. The van der Waals surface area contributed by atoms with Crippen LogP contribution in [0.3, 0.4) is 0 Å². The van der Waals surface area contributed by atoms with Gasteiger partial charge in [-0.25, -0.2) is 13.6 Å². The van der Waals surface area contributed by atoms with E-state index >= 15 is 0 Å². The highest BCUT2D eigenvalue weighted by Gasteiger charge is 2.09. The molecule has 0 saturated heterocycles. The summed E-state index contributed by atoms with van der Waals surface area (Å²) in [6.07, 6.45) is 2.23. The molecule has 0 aliphatic heterocycles. The van der Waals surface area contributed by atoms with Crippen molar-refractivity contribution in [3.63, 3.8) is 0 Å². The summed E-state index contributed by atoms with van der Waals surface area (Å²) in [6, 6.07) is 2.21. The van der Waals surface area contributed by atoms with E-state index in [2.05, 4.69) is 4.74 Å². The maximum Gasteiger partial charge on any atom is 0.330 e. The number of rotatable bonds is 3. The Labute approximate surface area is 96.5 Å². The van der Waals surface area contributed by atoms with Crippen LogP contribution in [0.15, 0.2) is 18.2 Å². The molecule has 0 amide bonds. The van der Waals surface area contributed by atoms with Gasteiger partial charge in [0, 0.05) is 11.6 Å². The molecule has 0 bridgehead atoms. The summed E-state index contributed by atoms with van der Waals surface area (Å²) in [5, 5.41) is -0.592. The largest absolute Gasteiger partial charge is 0.463 e. The lowest BCUT2D eigenvalue weighted by molar-refractivity contribution is -0.137. The average molecular weight is 247 g/mol. The molecule has 0 fully saturated rings. The molecule has 16 heavy (non-hydrogen) atoms. The van der Waals surface area contributed by atoms with Crippen LogP contribution in [-0.2, 0) is 9.53 Å². The topological polar surface area (TPSA) is 26.3 Å². The van der Waals surface area contributed by atoms with Crippen molar-refractivity contribution >= 4 is 23.6 Å². The van der Waals surface area contributed by atoms with E-state index in [-0.39, 0.29) is 12.2 Å². The molecule has 5 heteroatoms. The second kappa shape index (κ2) is 5.61. The zero-order valence-electron chi connectivity index (χ0n) is 8.47. The molecule has 0 aliphatic rings. The van der Waals surface area contributed by atoms with E-state index in [1.54, 1.807) is 6.92 Å². The van der Waals surface area contributed by atoms with Gasteiger partial charge < -0.3 is 4.74 Å². The SMILES string of the molecule is CCOC(=O)C=Cc1ccc(F)c(Cl)c1F. The van der Waals surface area contributed by atoms with Crippen LogP contribution in [0.2, 0.25) is 5.02 Å². The van der Waals surface area contributed by atoms with E-state index in [1.807, 2.05) is 0 Å². The van der Waals surface area contributed by atoms with Gasteiger partial charge in [-0.2, -0.15) is 0 Å². The van der Waals surface area contributed by atoms with Crippen LogP contribution in [0.4, 0.5) is 8.78 Å². The lowest BCUT2D eigenvalue weighted by Gasteiger charge is -2.00. The average Bonchev–Trinajstić information content (AvgIpc) is 2.25. The van der Waals surface area contributed by atoms with Gasteiger partial charge in [-0.05, 0) is 25.1 Å². The van der Waals surface area contributed by atoms with Gasteiger partial charge in [0.05, 0.1) is 6.61 Å². The van der Waals surface area contributed by atoms with Crippen LogP contribution >= 0.6 is 11.6 Å². The fourth-order valence-electron chi connectivity index (χ4n) is 1.02. The minimum atomic E-state index is -0.901. The van der Waals surface area contributed by atoms with Gasteiger partial charge in [0.2, 0.25) is 0 Å². The van der Waals surface area contributed by atoms with Crippen LogP contribution < -0.4 is 0 Å². The first-order chi connectivity index (χ1) is 7.56. The number of ether oxygens (including phenoxy) is 1. The molecule has 0 radical (unpaired) electrons. The first-order valence-electron chi connectivity index (χ1n) is 4.54. The van der Waals surface area contributed by atoms with Crippen LogP contribution in [0, 0.1) is 11.6 Å². The quantitative estimate of drug-likeness (QED) is 0.465. The number of halogens is 3. The van der Waals surface area contributed by atoms with Crippen LogP contribution in [0.25, 0.3) is 6.08 Å². The van der Waals surface area contributed by atoms with Gasteiger partial charge in [0.25, 0.3) is 0 Å². The number of carbonyl (C=O) groups excluding carboxylic acids is 1. The van der Waals surface area contributed by atoms with Crippen molar-refractivity contribution in [3.05, 3.63) is 40.4 Å². The molecule has 0 atom stereocenters. The fourth-order valence-corrected chi connectivity index (χ4v) is 1.19. The molecule has 0 unspecified atom stereocenters. The molecular weight excluding hydrogens is 238 g/mol. The summed E-state index contributed by atoms with van der Waals surface area (Å²) in [6.45, 7) is 1.89. The highest BCUT2D eigenvalue weighted by Crippen LogP contribution is 2.22. The first-order valence-corrected chi connectivity index (χ1v) is 4.92. The van der Waals surface area contributed by atoms with E-state index in [0.29, 0.717) is 0 Å². The third-order valence-corrected chi connectivity index (χ3v) is 2.10. The highest BCUT2D eigenvalue weighted by atomic mass is 35.5. The molecule has 0 aromatic heterocycles. The summed E-state index contributed by atoms with van der Waals surface area (Å²) in [5.41, 5.74) is 0.0273. The summed E-state index contributed by atoms with van der Waals surface area (Å²) in [7, 11) is 0. The van der Waals surface area contributed by atoms with Gasteiger partial charge in [-0.3, -0.25) is 0 Å². The van der Waals surface area contributed by atoms with Gasteiger partial charge >= 0.3 is 5.97 Å². The molecule has 1 aromatic carbocycles. The van der Waals surface area contributed by atoms with Crippen molar-refractivity contribution < 1.29 is 18.3 Å². The molecule has 0 N–H and O–H groups in total. The Kier molecular flexibility index (Phi) is 4.43. The zero-order chi connectivity index (χ0) is 12.1. The first kappa shape index (κ1) is 12.6. The predicted octanol–water partition coefficient (Wildman–Crippen LogP) is 3.19. The molecular formula is C11H9ClF2O2. The Hall–Kier alpha value is -1.42. The van der Waals surface area contributed by atoms with Crippen LogP contribution in [-0.4, -0.2) is 12.6 Å². The molecule has 0 heterocycles. The van der Waals surface area contributed by atoms with Crippen molar-refractivity contribution in [1.82, 2.24) is 0 Å². The Morgan fingerprint density at radius 2 is 2.19 bits per heavy atom. The number of benzene rings is 1. The van der Waals surface area contributed by atoms with Gasteiger partial charge in [0.1, 0.15) is 10.8 Å². The maximum absolute atomic E-state index is 13.3. The summed E-state index contributed by atoms with van der Waals surface area (Å²) >= 11 is 5.36. The van der Waals surface area contributed by atoms with Gasteiger partial charge in [0.15, 0.2) is 5.82 Å². The molecule has 0 saturated carbocycles. The lowest BCUT2D eigenvalue weighted by Crippen LogP contribution is -1.99. The molecule has 1 rings (SSSR count). The number of esters is 1. The van der Waals surface area contributed by atoms with E-state index in [0.717, 1.165) is 12.1 Å². The maximum atomic E-state index is 13.3. The van der Waals surface area contributed by atoms with Crippen LogP contribution in [0.5, 0.6) is 0 Å². The van der Waals surface area contributed by atoms with E-state index in [1.165, 1.54) is 12.1 Å². The van der Waals surface area contributed by atoms with Crippen molar-refractivity contribution in [3.8, 4) is 0 Å². The van der Waals surface area contributed by atoms with Gasteiger partial charge in [-0.15, -0.1) is 0 Å². The Bertz CT molecular complexity index is 430. The van der Waals surface area contributed by atoms with Crippen molar-refractivity contribution in [2.24, 2.45) is 0 Å². The minimum absolute atomic E-state index is 0.0273. The highest BCUT2D eigenvalue weighted by molar-refractivity contribution is 6.31. The standard InChI is InChI=1S/C11H9ClF2O2/c1-2-16-9(15)6-4-7-3-5-8(13)10(12)11(7)14/h3-6H,2H2,1H3.